The third-order valence-electron chi connectivity index (χ3n) is 2.80. The Kier molecular flexibility index (Phi) is 3.89. The van der Waals surface area contributed by atoms with Gasteiger partial charge in [-0.15, -0.1) is 0 Å². The molecule has 1 amide bonds. The predicted octanol–water partition coefficient (Wildman–Crippen LogP) is 0.393. The number of hydrogen-bond acceptors (Lipinski definition) is 3. The molecule has 3 atom stereocenters. The van der Waals surface area contributed by atoms with Crippen molar-refractivity contribution < 1.29 is 14.6 Å². The van der Waals surface area contributed by atoms with Crippen molar-refractivity contribution in [1.82, 2.24) is 4.90 Å². The number of nitrogens with zero attached hydrogens (tertiary/aromatic N) is 1. The lowest BCUT2D eigenvalue weighted by atomic mass is 10.00. The highest BCUT2D eigenvalue weighted by molar-refractivity contribution is 5.80. The minimum absolute atomic E-state index is 0.163. The number of amides is 1. The molecule has 0 aromatic carbocycles. The Morgan fingerprint density at radius 3 is 2.71 bits per heavy atom. The molecule has 14 heavy (non-hydrogen) atoms. The summed E-state index contributed by atoms with van der Waals surface area (Å²) in [6.07, 6.45) is 1.08. The van der Waals surface area contributed by atoms with E-state index in [2.05, 4.69) is 0 Å². The van der Waals surface area contributed by atoms with Crippen LogP contribution in [0, 0.1) is 0 Å². The zero-order valence-electron chi connectivity index (χ0n) is 9.06. The Bertz CT molecular complexity index is 206. The van der Waals surface area contributed by atoms with E-state index in [1.807, 2.05) is 6.92 Å². The molecule has 0 aromatic rings. The Morgan fingerprint density at radius 2 is 2.29 bits per heavy atom. The van der Waals surface area contributed by atoms with Gasteiger partial charge in [-0.25, -0.2) is 0 Å². The topological polar surface area (TPSA) is 49.8 Å². The average molecular weight is 201 g/mol. The molecule has 82 valence electrons. The van der Waals surface area contributed by atoms with Crippen molar-refractivity contribution in [2.75, 3.05) is 13.7 Å². The van der Waals surface area contributed by atoms with Crippen molar-refractivity contribution >= 4 is 5.91 Å². The van der Waals surface area contributed by atoms with Gasteiger partial charge in [0.1, 0.15) is 6.10 Å². The molecule has 1 heterocycles. The maximum Gasteiger partial charge on any atom is 0.251 e. The van der Waals surface area contributed by atoms with Crippen molar-refractivity contribution in [3.63, 3.8) is 0 Å². The highest BCUT2D eigenvalue weighted by Gasteiger charge is 2.30. The third kappa shape index (κ3) is 2.45. The van der Waals surface area contributed by atoms with E-state index in [0.29, 0.717) is 6.54 Å². The molecule has 0 aliphatic carbocycles. The average Bonchev–Trinajstić information content (AvgIpc) is 2.16. The first-order valence-electron chi connectivity index (χ1n) is 5.07. The second-order valence-electron chi connectivity index (χ2n) is 3.94. The molecule has 1 aliphatic rings. The molecule has 4 nitrogen and oxygen atoms in total. The number of aliphatic hydroxyl groups is 1. The summed E-state index contributed by atoms with van der Waals surface area (Å²) < 4.78 is 5.25. The van der Waals surface area contributed by atoms with Crippen molar-refractivity contribution in [1.29, 1.82) is 0 Å². The zero-order chi connectivity index (χ0) is 10.7. The molecule has 0 unspecified atom stereocenters. The van der Waals surface area contributed by atoms with E-state index in [-0.39, 0.29) is 18.1 Å². The SMILES string of the molecule is CO[C@@H]1CCN(C(=O)[C@@H](C)O)[C@H](C)C1. The maximum atomic E-state index is 11.5. The molecule has 1 aliphatic heterocycles. The number of piperidine rings is 1. The number of carbonyl (C=O) groups is 1. The second kappa shape index (κ2) is 4.75. The lowest BCUT2D eigenvalue weighted by Crippen LogP contribution is -2.49. The Morgan fingerprint density at radius 1 is 1.64 bits per heavy atom. The van der Waals surface area contributed by atoms with Gasteiger partial charge >= 0.3 is 0 Å². The van der Waals surface area contributed by atoms with Crippen LogP contribution in [0.5, 0.6) is 0 Å². The van der Waals surface area contributed by atoms with Crippen LogP contribution in [-0.2, 0) is 9.53 Å². The van der Waals surface area contributed by atoms with Crippen LogP contribution >= 0.6 is 0 Å². The van der Waals surface area contributed by atoms with Gasteiger partial charge in [0, 0.05) is 19.7 Å². The van der Waals surface area contributed by atoms with Crippen LogP contribution < -0.4 is 0 Å². The lowest BCUT2D eigenvalue weighted by Gasteiger charge is -2.37. The fourth-order valence-corrected chi connectivity index (χ4v) is 1.91. The van der Waals surface area contributed by atoms with Gasteiger partial charge < -0.3 is 14.7 Å². The largest absolute Gasteiger partial charge is 0.384 e. The number of hydrogen-bond donors (Lipinski definition) is 1. The molecule has 0 aromatic heterocycles. The van der Waals surface area contributed by atoms with E-state index in [9.17, 15) is 9.90 Å². The van der Waals surface area contributed by atoms with Crippen LogP contribution in [0.2, 0.25) is 0 Å². The fourth-order valence-electron chi connectivity index (χ4n) is 1.91. The summed E-state index contributed by atoms with van der Waals surface area (Å²) in [6, 6.07) is 0.163. The van der Waals surface area contributed by atoms with Gasteiger partial charge in [0.2, 0.25) is 0 Å². The maximum absolute atomic E-state index is 11.5. The number of carbonyl (C=O) groups excluding carboxylic acids is 1. The Labute approximate surface area is 84.8 Å². The van der Waals surface area contributed by atoms with Crippen LogP contribution in [0.25, 0.3) is 0 Å². The number of ether oxygens (including phenoxy) is 1. The van der Waals surface area contributed by atoms with Crippen LogP contribution in [0.4, 0.5) is 0 Å². The molecule has 0 bridgehead atoms. The van der Waals surface area contributed by atoms with Gasteiger partial charge in [0.25, 0.3) is 5.91 Å². The molecular formula is C10H19NO3. The summed E-state index contributed by atoms with van der Waals surface area (Å²) in [7, 11) is 1.70. The highest BCUT2D eigenvalue weighted by atomic mass is 16.5. The number of likely N-dealkylation sites (tertiary alicyclic amines) is 1. The second-order valence-corrected chi connectivity index (χ2v) is 3.94. The van der Waals surface area contributed by atoms with E-state index in [1.54, 1.807) is 12.0 Å². The van der Waals surface area contributed by atoms with Crippen molar-refractivity contribution in [2.45, 2.75) is 44.9 Å². The first-order valence-corrected chi connectivity index (χ1v) is 5.07. The molecule has 0 saturated carbocycles. The fraction of sp³-hybridized carbons (Fsp3) is 0.900. The van der Waals surface area contributed by atoms with E-state index >= 15 is 0 Å². The summed E-state index contributed by atoms with van der Waals surface area (Å²) in [5.74, 6) is -0.174. The quantitative estimate of drug-likeness (QED) is 0.703. The number of aliphatic hydroxyl groups excluding tert-OH is 1. The third-order valence-corrected chi connectivity index (χ3v) is 2.80. The van der Waals surface area contributed by atoms with Gasteiger partial charge in [-0.2, -0.15) is 0 Å². The molecule has 0 spiro atoms. The first kappa shape index (κ1) is 11.5. The molecule has 4 heteroatoms. The molecule has 1 fully saturated rings. The van der Waals surface area contributed by atoms with Gasteiger partial charge in [0.15, 0.2) is 0 Å². The highest BCUT2D eigenvalue weighted by Crippen LogP contribution is 2.19. The van der Waals surface area contributed by atoms with Crippen molar-refractivity contribution in [3.8, 4) is 0 Å². The van der Waals surface area contributed by atoms with Crippen LogP contribution in [-0.4, -0.2) is 47.8 Å². The monoisotopic (exact) mass is 201 g/mol. The molecule has 1 rings (SSSR count). The number of rotatable bonds is 2. The predicted molar refractivity (Wildman–Crippen MR) is 52.9 cm³/mol. The summed E-state index contributed by atoms with van der Waals surface area (Å²) in [4.78, 5) is 13.3. The summed E-state index contributed by atoms with van der Waals surface area (Å²) in [5.41, 5.74) is 0. The first-order chi connectivity index (χ1) is 6.56. The Balaban J connectivity index is 2.53. The molecule has 1 N–H and O–H groups in total. The summed E-state index contributed by atoms with van der Waals surface area (Å²) in [5, 5.41) is 9.19. The van der Waals surface area contributed by atoms with E-state index in [4.69, 9.17) is 4.74 Å². The van der Waals surface area contributed by atoms with Gasteiger partial charge in [0.05, 0.1) is 6.10 Å². The molecule has 0 radical (unpaired) electrons. The lowest BCUT2D eigenvalue weighted by molar-refractivity contribution is -0.144. The summed E-state index contributed by atoms with van der Waals surface area (Å²) >= 11 is 0. The Hall–Kier alpha value is -0.610. The number of methoxy groups -OCH3 is 1. The van der Waals surface area contributed by atoms with E-state index < -0.39 is 6.10 Å². The zero-order valence-corrected chi connectivity index (χ0v) is 9.06. The smallest absolute Gasteiger partial charge is 0.251 e. The van der Waals surface area contributed by atoms with Crippen LogP contribution in [0.3, 0.4) is 0 Å². The minimum atomic E-state index is -0.892. The normalized spacial score (nSPS) is 30.1. The van der Waals surface area contributed by atoms with Crippen molar-refractivity contribution in [3.05, 3.63) is 0 Å². The standard InChI is InChI=1S/C10H19NO3/c1-7-6-9(14-3)4-5-11(7)10(13)8(2)12/h7-9,12H,4-6H2,1-3H3/t7-,8-,9-/m1/s1. The van der Waals surface area contributed by atoms with Gasteiger partial charge in [-0.1, -0.05) is 0 Å². The van der Waals surface area contributed by atoms with Gasteiger partial charge in [-0.3, -0.25) is 4.79 Å². The van der Waals surface area contributed by atoms with E-state index in [0.717, 1.165) is 12.8 Å². The van der Waals surface area contributed by atoms with Gasteiger partial charge in [-0.05, 0) is 26.7 Å². The van der Waals surface area contributed by atoms with Crippen LogP contribution in [0.1, 0.15) is 26.7 Å². The van der Waals surface area contributed by atoms with Crippen molar-refractivity contribution in [2.24, 2.45) is 0 Å². The summed E-state index contributed by atoms with van der Waals surface area (Å²) in [6.45, 7) is 4.19. The van der Waals surface area contributed by atoms with E-state index in [1.165, 1.54) is 6.92 Å². The van der Waals surface area contributed by atoms with Crippen LogP contribution in [0.15, 0.2) is 0 Å². The molecule has 1 saturated heterocycles. The minimum Gasteiger partial charge on any atom is -0.384 e. The molecular weight excluding hydrogens is 182 g/mol.